The highest BCUT2D eigenvalue weighted by Crippen LogP contribution is 1.82. The summed E-state index contributed by atoms with van der Waals surface area (Å²) >= 11 is 0. The summed E-state index contributed by atoms with van der Waals surface area (Å²) in [6.45, 7) is 0.943. The highest BCUT2D eigenvalue weighted by molar-refractivity contribution is 5.69. The molecule has 0 saturated heterocycles. The van der Waals surface area contributed by atoms with Crippen molar-refractivity contribution in [1.29, 1.82) is 0 Å². The number of rotatable bonds is 6. The van der Waals surface area contributed by atoms with Gasteiger partial charge in [-0.05, 0) is 0 Å². The fourth-order valence-corrected chi connectivity index (χ4v) is 0.489. The summed E-state index contributed by atoms with van der Waals surface area (Å²) in [7, 11) is 1.64. The van der Waals surface area contributed by atoms with Crippen LogP contribution in [0.1, 0.15) is 6.42 Å². The third kappa shape index (κ3) is 7.24. The van der Waals surface area contributed by atoms with Crippen LogP contribution >= 0.6 is 0 Å². The lowest BCUT2D eigenvalue weighted by Crippen LogP contribution is -2.17. The molecule has 5 nitrogen and oxygen atoms in total. The topological polar surface area (TPSA) is 73.6 Å². The Morgan fingerprint density at radius 3 is 2.82 bits per heavy atom. The third-order valence-electron chi connectivity index (χ3n) is 0.941. The summed E-state index contributed by atoms with van der Waals surface area (Å²) in [6, 6.07) is 0. The maximum atomic E-state index is 10.6. The smallest absolute Gasteiger partial charge is 0.307 e. The van der Waals surface area contributed by atoms with Crippen molar-refractivity contribution in [3.63, 3.8) is 0 Å². The molecular formula is C6H14N2O3. The number of nitrogens with one attached hydrogen (secondary N) is 1. The lowest BCUT2D eigenvalue weighted by Gasteiger charge is -2.02. The van der Waals surface area contributed by atoms with Gasteiger partial charge in [-0.1, -0.05) is 0 Å². The zero-order chi connectivity index (χ0) is 8.53. The van der Waals surface area contributed by atoms with Crippen molar-refractivity contribution in [2.45, 2.75) is 6.42 Å². The largest absolute Gasteiger partial charge is 0.463 e. The van der Waals surface area contributed by atoms with Crippen LogP contribution in [0.2, 0.25) is 0 Å². The first kappa shape index (κ1) is 10.3. The lowest BCUT2D eigenvalue weighted by atomic mass is 10.4. The van der Waals surface area contributed by atoms with Gasteiger partial charge in [-0.3, -0.25) is 9.63 Å². The average molecular weight is 162 g/mol. The number of hydrogen-bond acceptors (Lipinski definition) is 5. The second-order valence-electron chi connectivity index (χ2n) is 1.81. The molecule has 0 amide bonds. The van der Waals surface area contributed by atoms with E-state index in [0.717, 1.165) is 0 Å². The Morgan fingerprint density at radius 2 is 2.27 bits per heavy atom. The van der Waals surface area contributed by atoms with Crippen LogP contribution in [-0.2, 0) is 14.4 Å². The number of ether oxygens (including phenoxy) is 1. The van der Waals surface area contributed by atoms with Crippen LogP contribution in [0.15, 0.2) is 0 Å². The maximum absolute atomic E-state index is 10.6. The van der Waals surface area contributed by atoms with Gasteiger partial charge >= 0.3 is 5.97 Å². The molecule has 0 radical (unpaired) electrons. The number of nitrogens with two attached hydrogens (primary N) is 1. The minimum atomic E-state index is -0.285. The van der Waals surface area contributed by atoms with Gasteiger partial charge in [-0.25, -0.2) is 5.48 Å². The van der Waals surface area contributed by atoms with Gasteiger partial charge in [0, 0.05) is 13.6 Å². The SMILES string of the molecule is CNOCCOC(=O)CCN. The van der Waals surface area contributed by atoms with E-state index in [1.807, 2.05) is 0 Å². The molecule has 0 saturated carbocycles. The van der Waals surface area contributed by atoms with Crippen LogP contribution in [0.4, 0.5) is 0 Å². The first-order valence-electron chi connectivity index (χ1n) is 3.45. The molecule has 0 atom stereocenters. The molecule has 0 aromatic heterocycles. The Morgan fingerprint density at radius 1 is 1.55 bits per heavy atom. The van der Waals surface area contributed by atoms with Crippen LogP contribution in [-0.4, -0.2) is 32.8 Å². The van der Waals surface area contributed by atoms with E-state index in [1.54, 1.807) is 7.05 Å². The molecule has 0 unspecified atom stereocenters. The maximum Gasteiger partial charge on any atom is 0.307 e. The summed E-state index contributed by atoms with van der Waals surface area (Å²) in [6.07, 6.45) is 0.263. The van der Waals surface area contributed by atoms with E-state index in [0.29, 0.717) is 13.2 Å². The number of hydrogen-bond donors (Lipinski definition) is 2. The molecule has 11 heavy (non-hydrogen) atoms. The summed E-state index contributed by atoms with van der Waals surface area (Å²) in [5.41, 5.74) is 7.57. The van der Waals surface area contributed by atoms with Gasteiger partial charge in [0.1, 0.15) is 13.2 Å². The van der Waals surface area contributed by atoms with Crippen LogP contribution < -0.4 is 11.2 Å². The molecule has 0 aliphatic carbocycles. The molecule has 0 fully saturated rings. The highest BCUT2D eigenvalue weighted by Gasteiger charge is 1.98. The van der Waals surface area contributed by atoms with Crippen molar-refractivity contribution in [3.05, 3.63) is 0 Å². The van der Waals surface area contributed by atoms with Gasteiger partial charge < -0.3 is 10.5 Å². The van der Waals surface area contributed by atoms with Crippen molar-refractivity contribution in [1.82, 2.24) is 5.48 Å². The van der Waals surface area contributed by atoms with Crippen molar-refractivity contribution in [2.75, 3.05) is 26.8 Å². The van der Waals surface area contributed by atoms with Crippen molar-refractivity contribution >= 4 is 5.97 Å². The minimum Gasteiger partial charge on any atom is -0.463 e. The third-order valence-corrected chi connectivity index (χ3v) is 0.941. The van der Waals surface area contributed by atoms with E-state index < -0.39 is 0 Å². The summed E-state index contributed by atoms with van der Waals surface area (Å²) in [4.78, 5) is 15.3. The van der Waals surface area contributed by atoms with E-state index in [4.69, 9.17) is 15.3 Å². The van der Waals surface area contributed by atoms with Gasteiger partial charge in [0.15, 0.2) is 0 Å². The molecular weight excluding hydrogens is 148 g/mol. The van der Waals surface area contributed by atoms with E-state index in [2.05, 4.69) is 5.48 Å². The summed E-state index contributed by atoms with van der Waals surface area (Å²) in [5.74, 6) is -0.285. The van der Waals surface area contributed by atoms with Gasteiger partial charge in [0.2, 0.25) is 0 Å². The number of carbonyl (C=O) groups excluding carboxylic acids is 1. The molecule has 5 heteroatoms. The van der Waals surface area contributed by atoms with Gasteiger partial charge in [0.05, 0.1) is 6.42 Å². The molecule has 3 N–H and O–H groups in total. The molecule has 0 aromatic carbocycles. The first-order valence-corrected chi connectivity index (χ1v) is 3.45. The van der Waals surface area contributed by atoms with Crippen LogP contribution in [0.5, 0.6) is 0 Å². The average Bonchev–Trinajstić information content (AvgIpc) is 1.99. The van der Waals surface area contributed by atoms with E-state index in [9.17, 15) is 4.79 Å². The molecule has 0 bridgehead atoms. The Kier molecular flexibility index (Phi) is 7.02. The van der Waals surface area contributed by atoms with Gasteiger partial charge in [0.25, 0.3) is 0 Å². The quantitative estimate of drug-likeness (QED) is 0.298. The second-order valence-corrected chi connectivity index (χ2v) is 1.81. The fourth-order valence-electron chi connectivity index (χ4n) is 0.489. The molecule has 0 heterocycles. The standard InChI is InChI=1S/C6H14N2O3/c1-8-11-5-4-10-6(9)2-3-7/h8H,2-5,7H2,1H3. The molecule has 0 aliphatic rings. The lowest BCUT2D eigenvalue weighted by molar-refractivity contribution is -0.145. The number of esters is 1. The Bertz CT molecular complexity index is 108. The predicted octanol–water partition coefficient (Wildman–Crippen LogP) is -0.971. The summed E-state index contributed by atoms with van der Waals surface area (Å²) < 4.78 is 4.70. The van der Waals surface area contributed by atoms with Crippen LogP contribution in [0.3, 0.4) is 0 Å². The zero-order valence-corrected chi connectivity index (χ0v) is 6.63. The second kappa shape index (κ2) is 7.46. The first-order chi connectivity index (χ1) is 5.31. The van der Waals surface area contributed by atoms with Crippen molar-refractivity contribution in [3.8, 4) is 0 Å². The molecule has 0 rings (SSSR count). The Labute approximate surface area is 65.8 Å². The number of hydroxylamine groups is 1. The van der Waals surface area contributed by atoms with Gasteiger partial charge in [-0.15, -0.1) is 0 Å². The normalized spacial score (nSPS) is 9.64. The zero-order valence-electron chi connectivity index (χ0n) is 6.63. The molecule has 0 spiro atoms. The van der Waals surface area contributed by atoms with Crippen molar-refractivity contribution < 1.29 is 14.4 Å². The molecule has 0 aromatic rings. The van der Waals surface area contributed by atoms with Crippen LogP contribution in [0.25, 0.3) is 0 Å². The van der Waals surface area contributed by atoms with E-state index in [1.165, 1.54) is 0 Å². The molecule has 0 aliphatic heterocycles. The Balaban J connectivity index is 3.04. The van der Waals surface area contributed by atoms with Gasteiger partial charge in [-0.2, -0.15) is 0 Å². The van der Waals surface area contributed by atoms with E-state index >= 15 is 0 Å². The Hall–Kier alpha value is -0.650. The minimum absolute atomic E-state index is 0.263. The summed E-state index contributed by atoms with van der Waals surface area (Å²) in [5, 5.41) is 0. The van der Waals surface area contributed by atoms with E-state index in [-0.39, 0.29) is 19.0 Å². The number of carbonyl (C=O) groups is 1. The molecule has 66 valence electrons. The highest BCUT2D eigenvalue weighted by atomic mass is 16.7. The van der Waals surface area contributed by atoms with Crippen LogP contribution in [0, 0.1) is 0 Å². The predicted molar refractivity (Wildman–Crippen MR) is 39.6 cm³/mol. The monoisotopic (exact) mass is 162 g/mol. The van der Waals surface area contributed by atoms with Crippen molar-refractivity contribution in [2.24, 2.45) is 5.73 Å². The fraction of sp³-hybridized carbons (Fsp3) is 0.833.